The van der Waals surface area contributed by atoms with Gasteiger partial charge in [0.25, 0.3) is 0 Å². The maximum absolute atomic E-state index is 13.5. The van der Waals surface area contributed by atoms with Crippen LogP contribution in [0.25, 0.3) is 0 Å². The van der Waals surface area contributed by atoms with Crippen LogP contribution in [0.5, 0.6) is 5.75 Å². The Morgan fingerprint density at radius 3 is 2.47 bits per heavy atom. The van der Waals surface area contributed by atoms with Crippen LogP contribution < -0.4 is 10.1 Å². The predicted octanol–water partition coefficient (Wildman–Crippen LogP) is 4.17. The highest BCUT2D eigenvalue weighted by molar-refractivity contribution is 7.98. The summed E-state index contributed by atoms with van der Waals surface area (Å²) in [6, 6.07) is 13.1. The number of benzene rings is 2. The quantitative estimate of drug-likeness (QED) is 0.829. The van der Waals surface area contributed by atoms with Crippen LogP contribution in [0.1, 0.15) is 5.56 Å². The van der Waals surface area contributed by atoms with Crippen molar-refractivity contribution in [3.05, 3.63) is 53.8 Å². The van der Waals surface area contributed by atoms with Crippen molar-refractivity contribution in [2.24, 2.45) is 0 Å². The summed E-state index contributed by atoms with van der Waals surface area (Å²) in [6.07, 6.45) is 2.04. The Labute approximate surface area is 117 Å². The van der Waals surface area contributed by atoms with E-state index in [1.165, 1.54) is 18.1 Å². The molecule has 2 aromatic carbocycles. The van der Waals surface area contributed by atoms with Gasteiger partial charge in [0, 0.05) is 17.1 Å². The van der Waals surface area contributed by atoms with Crippen molar-refractivity contribution in [1.82, 2.24) is 0 Å². The third-order valence-corrected chi connectivity index (χ3v) is 3.55. The molecule has 0 heterocycles. The van der Waals surface area contributed by atoms with Gasteiger partial charge in [0.05, 0.1) is 7.11 Å². The van der Waals surface area contributed by atoms with Crippen LogP contribution in [-0.4, -0.2) is 13.4 Å². The molecule has 0 bridgehead atoms. The van der Waals surface area contributed by atoms with E-state index in [-0.39, 0.29) is 11.6 Å². The first-order valence-electron chi connectivity index (χ1n) is 5.93. The lowest BCUT2D eigenvalue weighted by Crippen LogP contribution is -2.00. The molecule has 0 aliphatic carbocycles. The molecule has 0 aromatic heterocycles. The fourth-order valence-corrected chi connectivity index (χ4v) is 2.14. The van der Waals surface area contributed by atoms with Gasteiger partial charge in [-0.2, -0.15) is 0 Å². The van der Waals surface area contributed by atoms with Gasteiger partial charge in [-0.15, -0.1) is 11.8 Å². The first-order valence-corrected chi connectivity index (χ1v) is 7.15. The molecule has 0 aliphatic heterocycles. The molecule has 0 fully saturated rings. The molecule has 0 amide bonds. The molecule has 2 aromatic rings. The summed E-state index contributed by atoms with van der Waals surface area (Å²) in [7, 11) is 1.46. The van der Waals surface area contributed by atoms with Crippen LogP contribution in [0.4, 0.5) is 10.1 Å². The van der Waals surface area contributed by atoms with E-state index in [4.69, 9.17) is 4.74 Å². The standard InChI is InChI=1S/C15H16FNOS/c1-18-15-8-3-11(9-14(15)16)10-17-12-4-6-13(19-2)7-5-12/h3-9,17H,10H2,1-2H3. The van der Waals surface area contributed by atoms with Crippen molar-refractivity contribution in [2.45, 2.75) is 11.4 Å². The van der Waals surface area contributed by atoms with Gasteiger partial charge in [-0.3, -0.25) is 0 Å². The molecule has 0 atom stereocenters. The van der Waals surface area contributed by atoms with Gasteiger partial charge in [0.15, 0.2) is 11.6 Å². The van der Waals surface area contributed by atoms with E-state index < -0.39 is 0 Å². The van der Waals surface area contributed by atoms with Crippen LogP contribution in [0, 0.1) is 5.82 Å². The van der Waals surface area contributed by atoms with Crippen molar-refractivity contribution < 1.29 is 9.13 Å². The lowest BCUT2D eigenvalue weighted by molar-refractivity contribution is 0.386. The van der Waals surface area contributed by atoms with Crippen molar-refractivity contribution in [1.29, 1.82) is 0 Å². The number of halogens is 1. The monoisotopic (exact) mass is 277 g/mol. The maximum atomic E-state index is 13.5. The third kappa shape index (κ3) is 3.64. The summed E-state index contributed by atoms with van der Waals surface area (Å²) in [5.74, 6) is -0.0624. The molecule has 0 radical (unpaired) electrons. The van der Waals surface area contributed by atoms with E-state index in [0.717, 1.165) is 11.3 Å². The third-order valence-electron chi connectivity index (χ3n) is 2.80. The van der Waals surface area contributed by atoms with Gasteiger partial charge in [0.2, 0.25) is 0 Å². The number of thioether (sulfide) groups is 1. The average molecular weight is 277 g/mol. The molecule has 0 saturated carbocycles. The fourth-order valence-electron chi connectivity index (χ4n) is 1.73. The number of nitrogens with one attached hydrogen (secondary N) is 1. The Kier molecular flexibility index (Phi) is 4.68. The van der Waals surface area contributed by atoms with Crippen LogP contribution in [0.15, 0.2) is 47.4 Å². The summed E-state index contributed by atoms with van der Waals surface area (Å²) in [4.78, 5) is 1.22. The molecule has 100 valence electrons. The van der Waals surface area contributed by atoms with E-state index in [1.807, 2.05) is 24.5 Å². The van der Waals surface area contributed by atoms with Crippen LogP contribution in [0.2, 0.25) is 0 Å². The zero-order valence-corrected chi connectivity index (χ0v) is 11.8. The van der Waals surface area contributed by atoms with E-state index in [1.54, 1.807) is 17.8 Å². The van der Waals surface area contributed by atoms with Gasteiger partial charge in [0.1, 0.15) is 0 Å². The van der Waals surface area contributed by atoms with Gasteiger partial charge >= 0.3 is 0 Å². The zero-order chi connectivity index (χ0) is 13.7. The summed E-state index contributed by atoms with van der Waals surface area (Å²) in [5, 5.41) is 3.26. The Bertz CT molecular complexity index is 542. The van der Waals surface area contributed by atoms with E-state index >= 15 is 0 Å². The lowest BCUT2D eigenvalue weighted by atomic mass is 10.2. The second kappa shape index (κ2) is 6.48. The number of anilines is 1. The maximum Gasteiger partial charge on any atom is 0.165 e. The molecular formula is C15H16FNOS. The zero-order valence-electron chi connectivity index (χ0n) is 10.9. The fraction of sp³-hybridized carbons (Fsp3) is 0.200. The summed E-state index contributed by atoms with van der Waals surface area (Å²) in [5.41, 5.74) is 1.90. The molecule has 0 unspecified atom stereocenters. The second-order valence-electron chi connectivity index (χ2n) is 4.05. The second-order valence-corrected chi connectivity index (χ2v) is 4.93. The lowest BCUT2D eigenvalue weighted by Gasteiger charge is -2.08. The Morgan fingerprint density at radius 1 is 1.16 bits per heavy atom. The first kappa shape index (κ1) is 13.7. The largest absolute Gasteiger partial charge is 0.494 e. The Balaban J connectivity index is 1.99. The number of hydrogen-bond donors (Lipinski definition) is 1. The van der Waals surface area contributed by atoms with Crippen LogP contribution in [-0.2, 0) is 6.54 Å². The van der Waals surface area contributed by atoms with Gasteiger partial charge in [-0.05, 0) is 48.2 Å². The number of rotatable bonds is 5. The van der Waals surface area contributed by atoms with Crippen LogP contribution >= 0.6 is 11.8 Å². The predicted molar refractivity (Wildman–Crippen MR) is 78.5 cm³/mol. The van der Waals surface area contributed by atoms with Gasteiger partial charge < -0.3 is 10.1 Å². The first-order chi connectivity index (χ1) is 9.22. The SMILES string of the molecule is COc1ccc(CNc2ccc(SC)cc2)cc1F. The van der Waals surface area contributed by atoms with Crippen LogP contribution in [0.3, 0.4) is 0 Å². The highest BCUT2D eigenvalue weighted by Gasteiger charge is 2.03. The minimum atomic E-state index is -0.334. The van der Waals surface area contributed by atoms with E-state index in [9.17, 15) is 4.39 Å². The van der Waals surface area contributed by atoms with Crippen molar-refractivity contribution in [2.75, 3.05) is 18.7 Å². The highest BCUT2D eigenvalue weighted by atomic mass is 32.2. The van der Waals surface area contributed by atoms with Crippen molar-refractivity contribution in [3.8, 4) is 5.75 Å². The van der Waals surface area contributed by atoms with Crippen molar-refractivity contribution >= 4 is 17.4 Å². The normalized spacial score (nSPS) is 10.3. The van der Waals surface area contributed by atoms with Crippen molar-refractivity contribution in [3.63, 3.8) is 0 Å². The Hall–Kier alpha value is -1.68. The molecule has 4 heteroatoms. The molecule has 0 aliphatic rings. The molecule has 0 spiro atoms. The molecule has 1 N–H and O–H groups in total. The minimum absolute atomic E-state index is 0.271. The number of hydrogen-bond acceptors (Lipinski definition) is 3. The smallest absolute Gasteiger partial charge is 0.165 e. The summed E-state index contributed by atoms with van der Waals surface area (Å²) >= 11 is 1.71. The summed E-state index contributed by atoms with van der Waals surface area (Å²) < 4.78 is 18.4. The molecule has 2 nitrogen and oxygen atoms in total. The molecule has 2 rings (SSSR count). The topological polar surface area (TPSA) is 21.3 Å². The number of methoxy groups -OCH3 is 1. The van der Waals surface area contributed by atoms with Gasteiger partial charge in [-0.1, -0.05) is 6.07 Å². The average Bonchev–Trinajstić information content (AvgIpc) is 2.46. The molecule has 0 saturated heterocycles. The van der Waals surface area contributed by atoms with E-state index in [0.29, 0.717) is 6.54 Å². The van der Waals surface area contributed by atoms with Gasteiger partial charge in [-0.25, -0.2) is 4.39 Å². The minimum Gasteiger partial charge on any atom is -0.494 e. The molecular weight excluding hydrogens is 261 g/mol. The number of ether oxygens (including phenoxy) is 1. The Morgan fingerprint density at radius 2 is 1.89 bits per heavy atom. The highest BCUT2D eigenvalue weighted by Crippen LogP contribution is 2.20. The summed E-state index contributed by atoms with van der Waals surface area (Å²) in [6.45, 7) is 0.583. The van der Waals surface area contributed by atoms with E-state index in [2.05, 4.69) is 17.4 Å². The molecule has 19 heavy (non-hydrogen) atoms.